The molecule has 5 nitrogen and oxygen atoms in total. The highest BCUT2D eigenvalue weighted by atomic mass is 16.5. The Balaban J connectivity index is 1.58. The minimum absolute atomic E-state index is 0.138. The third kappa shape index (κ3) is 2.91. The van der Waals surface area contributed by atoms with Crippen molar-refractivity contribution in [2.45, 2.75) is 6.54 Å². The van der Waals surface area contributed by atoms with E-state index in [9.17, 15) is 14.7 Å². The topological polar surface area (TPSA) is 66.8 Å². The first kappa shape index (κ1) is 15.9. The van der Waals surface area contributed by atoms with Crippen LogP contribution in [0.25, 0.3) is 0 Å². The summed E-state index contributed by atoms with van der Waals surface area (Å²) in [7, 11) is 0. The number of nitrogens with zero attached hydrogens (tertiary/aromatic N) is 1. The number of benzene rings is 3. The predicted octanol–water partition coefficient (Wildman–Crippen LogP) is 3.98. The molecule has 0 aliphatic carbocycles. The van der Waals surface area contributed by atoms with Crippen molar-refractivity contribution in [3.63, 3.8) is 0 Å². The second-order valence-corrected chi connectivity index (χ2v) is 5.99. The Kier molecular flexibility index (Phi) is 3.89. The maximum atomic E-state index is 12.7. The number of para-hydroxylation sites is 1. The van der Waals surface area contributed by atoms with Gasteiger partial charge in [-0.05, 0) is 48.0 Å². The van der Waals surface area contributed by atoms with Crippen molar-refractivity contribution in [2.24, 2.45) is 0 Å². The molecule has 1 aliphatic rings. The van der Waals surface area contributed by atoms with E-state index in [0.29, 0.717) is 22.6 Å². The van der Waals surface area contributed by atoms with Gasteiger partial charge in [0.05, 0.1) is 17.7 Å². The minimum Gasteiger partial charge on any atom is -0.508 e. The van der Waals surface area contributed by atoms with Gasteiger partial charge in [0.2, 0.25) is 0 Å². The minimum atomic E-state index is -0.350. The van der Waals surface area contributed by atoms with Crippen molar-refractivity contribution in [2.75, 3.05) is 0 Å². The second-order valence-electron chi connectivity index (χ2n) is 5.99. The number of aromatic hydroxyl groups is 1. The van der Waals surface area contributed by atoms with Gasteiger partial charge in [0.1, 0.15) is 17.2 Å². The molecule has 3 aromatic rings. The van der Waals surface area contributed by atoms with Gasteiger partial charge in [0.25, 0.3) is 11.8 Å². The quantitative estimate of drug-likeness (QED) is 0.726. The van der Waals surface area contributed by atoms with Crippen LogP contribution in [0.5, 0.6) is 17.2 Å². The molecule has 3 aromatic carbocycles. The molecule has 0 spiro atoms. The van der Waals surface area contributed by atoms with Crippen molar-refractivity contribution in [3.8, 4) is 17.2 Å². The van der Waals surface area contributed by atoms with Gasteiger partial charge in [0.15, 0.2) is 0 Å². The summed E-state index contributed by atoms with van der Waals surface area (Å²) in [5, 5.41) is 9.35. The van der Waals surface area contributed by atoms with E-state index in [2.05, 4.69) is 0 Å². The first-order valence-electron chi connectivity index (χ1n) is 8.13. The molecule has 2 amide bonds. The Morgan fingerprint density at radius 1 is 0.769 bits per heavy atom. The number of hydrogen-bond donors (Lipinski definition) is 1. The van der Waals surface area contributed by atoms with Gasteiger partial charge >= 0.3 is 0 Å². The zero-order valence-corrected chi connectivity index (χ0v) is 13.8. The highest BCUT2D eigenvalue weighted by Gasteiger charge is 2.35. The highest BCUT2D eigenvalue weighted by Crippen LogP contribution is 2.30. The number of phenols is 1. The average Bonchev–Trinajstić information content (AvgIpc) is 2.89. The molecule has 4 rings (SSSR count). The zero-order chi connectivity index (χ0) is 18.1. The van der Waals surface area contributed by atoms with Crippen LogP contribution in [0.1, 0.15) is 26.3 Å². The lowest BCUT2D eigenvalue weighted by Gasteiger charge is -2.13. The fraction of sp³-hybridized carbons (Fsp3) is 0.0476. The molecule has 0 aromatic heterocycles. The van der Waals surface area contributed by atoms with Crippen LogP contribution in [0.4, 0.5) is 0 Å². The van der Waals surface area contributed by atoms with Gasteiger partial charge < -0.3 is 9.84 Å². The molecule has 1 N–H and O–H groups in total. The van der Waals surface area contributed by atoms with Gasteiger partial charge in [0, 0.05) is 0 Å². The lowest BCUT2D eigenvalue weighted by atomic mass is 10.1. The van der Waals surface area contributed by atoms with Gasteiger partial charge in [-0.15, -0.1) is 0 Å². The predicted molar refractivity (Wildman–Crippen MR) is 95.3 cm³/mol. The lowest BCUT2D eigenvalue weighted by Crippen LogP contribution is -2.29. The van der Waals surface area contributed by atoms with E-state index in [-0.39, 0.29) is 24.1 Å². The molecule has 0 fully saturated rings. The standard InChI is InChI=1S/C21H15NO4/c23-15-8-6-14(7-9-15)13-22-20(24)18-11-10-17(12-19(18)21(22)25)26-16-4-2-1-3-5-16/h1-12,23H,13H2. The molecule has 1 aliphatic heterocycles. The van der Waals surface area contributed by atoms with Crippen LogP contribution in [0.2, 0.25) is 0 Å². The van der Waals surface area contributed by atoms with E-state index >= 15 is 0 Å². The summed E-state index contributed by atoms with van der Waals surface area (Å²) < 4.78 is 5.74. The lowest BCUT2D eigenvalue weighted by molar-refractivity contribution is 0.0642. The van der Waals surface area contributed by atoms with E-state index in [1.807, 2.05) is 30.3 Å². The Morgan fingerprint density at radius 3 is 2.19 bits per heavy atom. The number of amides is 2. The van der Waals surface area contributed by atoms with Crippen molar-refractivity contribution in [3.05, 3.63) is 89.5 Å². The third-order valence-electron chi connectivity index (χ3n) is 4.20. The summed E-state index contributed by atoms with van der Waals surface area (Å²) in [6.07, 6.45) is 0. The number of carbonyl (C=O) groups is 2. The Hall–Kier alpha value is -3.60. The number of carbonyl (C=O) groups excluding carboxylic acids is 2. The summed E-state index contributed by atoms with van der Waals surface area (Å²) in [6, 6.07) is 20.6. The van der Waals surface area contributed by atoms with Crippen LogP contribution in [-0.2, 0) is 6.54 Å². The largest absolute Gasteiger partial charge is 0.508 e. The van der Waals surface area contributed by atoms with Crippen molar-refractivity contribution < 1.29 is 19.4 Å². The number of rotatable bonds is 4. The molecule has 5 heteroatoms. The zero-order valence-electron chi connectivity index (χ0n) is 13.8. The van der Waals surface area contributed by atoms with Crippen molar-refractivity contribution in [1.82, 2.24) is 4.90 Å². The highest BCUT2D eigenvalue weighted by molar-refractivity contribution is 6.21. The molecule has 0 saturated carbocycles. The third-order valence-corrected chi connectivity index (χ3v) is 4.20. The van der Waals surface area contributed by atoms with E-state index in [4.69, 9.17) is 4.74 Å². The first-order valence-corrected chi connectivity index (χ1v) is 8.13. The van der Waals surface area contributed by atoms with Crippen LogP contribution in [0.3, 0.4) is 0 Å². The number of imide groups is 1. The molecule has 1 heterocycles. The summed E-state index contributed by atoms with van der Waals surface area (Å²) in [5.74, 6) is 0.618. The Morgan fingerprint density at radius 2 is 1.46 bits per heavy atom. The van der Waals surface area contributed by atoms with Gasteiger partial charge in [-0.3, -0.25) is 14.5 Å². The molecular weight excluding hydrogens is 330 g/mol. The van der Waals surface area contributed by atoms with Crippen LogP contribution < -0.4 is 4.74 Å². The maximum absolute atomic E-state index is 12.7. The normalized spacial score (nSPS) is 13.0. The molecule has 0 saturated heterocycles. The Bertz CT molecular complexity index is 981. The van der Waals surface area contributed by atoms with E-state index < -0.39 is 0 Å². The fourth-order valence-electron chi connectivity index (χ4n) is 2.89. The smallest absolute Gasteiger partial charge is 0.262 e. The molecule has 0 bridgehead atoms. The molecule has 26 heavy (non-hydrogen) atoms. The van der Waals surface area contributed by atoms with E-state index in [1.165, 1.54) is 17.0 Å². The fourth-order valence-corrected chi connectivity index (χ4v) is 2.89. The number of ether oxygens (including phenoxy) is 1. The van der Waals surface area contributed by atoms with Crippen molar-refractivity contribution >= 4 is 11.8 Å². The van der Waals surface area contributed by atoms with Crippen LogP contribution in [0.15, 0.2) is 72.8 Å². The molecule has 128 valence electrons. The summed E-state index contributed by atoms with van der Waals surface area (Å²) in [5.41, 5.74) is 1.47. The van der Waals surface area contributed by atoms with E-state index in [0.717, 1.165) is 5.56 Å². The molecule has 0 unspecified atom stereocenters. The number of phenolic OH excluding ortho intramolecular Hbond substituents is 1. The van der Waals surface area contributed by atoms with E-state index in [1.54, 1.807) is 30.3 Å². The SMILES string of the molecule is O=C1c2ccc(Oc3ccccc3)cc2C(=O)N1Cc1ccc(O)cc1. The van der Waals surface area contributed by atoms with Gasteiger partial charge in [-0.2, -0.15) is 0 Å². The van der Waals surface area contributed by atoms with Crippen molar-refractivity contribution in [1.29, 1.82) is 0 Å². The first-order chi connectivity index (χ1) is 12.6. The number of fused-ring (bicyclic) bond motifs is 1. The summed E-state index contributed by atoms with van der Waals surface area (Å²) >= 11 is 0. The second kappa shape index (κ2) is 6.37. The van der Waals surface area contributed by atoms with Gasteiger partial charge in [-0.25, -0.2) is 0 Å². The maximum Gasteiger partial charge on any atom is 0.262 e. The average molecular weight is 345 g/mol. The van der Waals surface area contributed by atoms with Gasteiger partial charge in [-0.1, -0.05) is 30.3 Å². The molecule has 0 atom stereocenters. The van der Waals surface area contributed by atoms with Crippen LogP contribution >= 0.6 is 0 Å². The summed E-state index contributed by atoms with van der Waals surface area (Å²) in [4.78, 5) is 26.4. The molecular formula is C21H15NO4. The monoisotopic (exact) mass is 345 g/mol. The summed E-state index contributed by atoms with van der Waals surface area (Å²) in [6.45, 7) is 0.154. The molecule has 0 radical (unpaired) electrons. The number of hydrogen-bond acceptors (Lipinski definition) is 4. The Labute approximate surface area is 150 Å². The van der Waals surface area contributed by atoms with Crippen LogP contribution in [0, 0.1) is 0 Å². The van der Waals surface area contributed by atoms with Crippen LogP contribution in [-0.4, -0.2) is 21.8 Å².